The quantitative estimate of drug-likeness (QED) is 0.502. The van der Waals surface area contributed by atoms with Crippen LogP contribution in [0.2, 0.25) is 0 Å². The molecule has 0 aromatic carbocycles. The molecule has 1 atom stereocenters. The van der Waals surface area contributed by atoms with Gasteiger partial charge in [-0.2, -0.15) is 0 Å². The zero-order chi connectivity index (χ0) is 17.0. The highest BCUT2D eigenvalue weighted by Gasteiger charge is 2.26. The molecule has 2 heteroatoms. The van der Waals surface area contributed by atoms with Crippen LogP contribution >= 0.6 is 0 Å². The van der Waals surface area contributed by atoms with Crippen LogP contribution in [0.3, 0.4) is 0 Å². The molecular formula is C21H26O2. The first-order valence-electron chi connectivity index (χ1n) is 8.34. The second-order valence-corrected chi connectivity index (χ2v) is 6.90. The van der Waals surface area contributed by atoms with Gasteiger partial charge in [0, 0.05) is 17.1 Å². The maximum absolute atomic E-state index is 12.8. The number of carbonyl (C=O) groups excluding carboxylic acids is 2. The molecule has 0 aliphatic heterocycles. The van der Waals surface area contributed by atoms with E-state index in [0.29, 0.717) is 17.6 Å². The SMILES string of the molecule is CC(C)=CC1C/C(C)=C/CC/C(C)=C/CC2=CC(=O)C=C1C2=O. The Hall–Kier alpha value is -1.96. The third-order valence-corrected chi connectivity index (χ3v) is 4.35. The Balaban J connectivity index is 2.47. The Bertz CT molecular complexity index is 662. The van der Waals surface area contributed by atoms with Gasteiger partial charge in [-0.3, -0.25) is 9.59 Å². The van der Waals surface area contributed by atoms with Gasteiger partial charge in [0.15, 0.2) is 11.6 Å². The van der Waals surface area contributed by atoms with Crippen LogP contribution in [0, 0.1) is 5.92 Å². The fourth-order valence-electron chi connectivity index (χ4n) is 3.13. The first-order chi connectivity index (χ1) is 10.9. The van der Waals surface area contributed by atoms with Crippen LogP contribution in [-0.2, 0) is 9.59 Å². The van der Waals surface area contributed by atoms with Gasteiger partial charge in [-0.15, -0.1) is 0 Å². The number of Topliss-reactive ketones (excluding diaryl/α,β-unsaturated/α-hetero) is 1. The van der Waals surface area contributed by atoms with Gasteiger partial charge in [0.2, 0.25) is 0 Å². The van der Waals surface area contributed by atoms with Crippen LogP contribution in [0.15, 0.2) is 58.2 Å². The van der Waals surface area contributed by atoms with E-state index in [1.54, 1.807) is 0 Å². The van der Waals surface area contributed by atoms with Crippen molar-refractivity contribution in [3.63, 3.8) is 0 Å². The third kappa shape index (κ3) is 4.75. The molecule has 0 N–H and O–H groups in total. The Morgan fingerprint density at radius 2 is 1.83 bits per heavy atom. The molecule has 2 aliphatic carbocycles. The summed E-state index contributed by atoms with van der Waals surface area (Å²) in [5.74, 6) is -0.0445. The molecule has 0 aromatic heterocycles. The van der Waals surface area contributed by atoms with Gasteiger partial charge in [0.25, 0.3) is 0 Å². The van der Waals surface area contributed by atoms with Crippen LogP contribution in [-0.4, -0.2) is 11.6 Å². The molecule has 0 amide bonds. The Morgan fingerprint density at radius 3 is 2.52 bits per heavy atom. The minimum Gasteiger partial charge on any atom is -0.290 e. The molecule has 0 spiro atoms. The summed E-state index contributed by atoms with van der Waals surface area (Å²) in [6.07, 6.45) is 12.9. The van der Waals surface area contributed by atoms with Crippen LogP contribution in [0.5, 0.6) is 0 Å². The van der Waals surface area contributed by atoms with E-state index in [9.17, 15) is 9.59 Å². The van der Waals surface area contributed by atoms with Gasteiger partial charge in [-0.1, -0.05) is 34.9 Å². The molecule has 0 fully saturated rings. The van der Waals surface area contributed by atoms with Gasteiger partial charge in [0.1, 0.15) is 0 Å². The number of hydrogen-bond donors (Lipinski definition) is 0. The molecule has 23 heavy (non-hydrogen) atoms. The van der Waals surface area contributed by atoms with Crippen molar-refractivity contribution in [1.82, 2.24) is 0 Å². The number of carbonyl (C=O) groups is 2. The Kier molecular flexibility index (Phi) is 5.70. The van der Waals surface area contributed by atoms with Crippen molar-refractivity contribution in [2.24, 2.45) is 5.92 Å². The van der Waals surface area contributed by atoms with Crippen molar-refractivity contribution in [2.75, 3.05) is 0 Å². The maximum atomic E-state index is 12.8. The second kappa shape index (κ2) is 7.54. The number of rotatable bonds is 1. The predicted octanol–water partition coefficient (Wildman–Crippen LogP) is 5.04. The molecule has 0 saturated carbocycles. The summed E-state index contributed by atoms with van der Waals surface area (Å²) in [7, 11) is 0. The van der Waals surface area contributed by atoms with Crippen molar-refractivity contribution < 1.29 is 9.59 Å². The zero-order valence-corrected chi connectivity index (χ0v) is 14.6. The lowest BCUT2D eigenvalue weighted by atomic mass is 9.81. The summed E-state index contributed by atoms with van der Waals surface area (Å²) in [6.45, 7) is 8.28. The summed E-state index contributed by atoms with van der Waals surface area (Å²) in [5.41, 5.74) is 4.99. The number of hydrogen-bond acceptors (Lipinski definition) is 2. The van der Waals surface area contributed by atoms with Crippen molar-refractivity contribution >= 4 is 11.6 Å². The molecular weight excluding hydrogens is 284 g/mol. The van der Waals surface area contributed by atoms with Crippen LogP contribution < -0.4 is 0 Å². The van der Waals surface area contributed by atoms with E-state index in [1.165, 1.54) is 28.9 Å². The van der Waals surface area contributed by atoms with Crippen molar-refractivity contribution in [3.05, 3.63) is 58.2 Å². The largest absolute Gasteiger partial charge is 0.290 e. The lowest BCUT2D eigenvalue weighted by molar-refractivity contribution is -0.115. The first-order valence-corrected chi connectivity index (χ1v) is 8.34. The standard InChI is InChI=1S/C21H26O2/c1-14(2)10-18-11-16(4)7-5-6-15(3)8-9-17-12-19(22)13-20(18)21(17)23/h7-8,10,12-13,18H,5-6,9,11H2,1-4H3/b15-8+,16-7+. The van der Waals surface area contributed by atoms with Crippen molar-refractivity contribution in [2.45, 2.75) is 53.4 Å². The summed E-state index contributed by atoms with van der Waals surface area (Å²) < 4.78 is 0. The third-order valence-electron chi connectivity index (χ3n) is 4.35. The predicted molar refractivity (Wildman–Crippen MR) is 95.1 cm³/mol. The summed E-state index contributed by atoms with van der Waals surface area (Å²) in [6, 6.07) is 0. The molecule has 0 radical (unpaired) electrons. The normalized spacial score (nSPS) is 27.4. The van der Waals surface area contributed by atoms with Crippen molar-refractivity contribution in [3.8, 4) is 0 Å². The van der Waals surface area contributed by atoms with E-state index in [4.69, 9.17) is 0 Å². The molecule has 2 nitrogen and oxygen atoms in total. The average Bonchev–Trinajstić information content (AvgIpc) is 2.45. The van der Waals surface area contributed by atoms with Gasteiger partial charge >= 0.3 is 0 Å². The topological polar surface area (TPSA) is 34.1 Å². The van der Waals surface area contributed by atoms with Crippen LogP contribution in [0.1, 0.15) is 53.4 Å². The van der Waals surface area contributed by atoms with E-state index >= 15 is 0 Å². The molecule has 122 valence electrons. The number of allylic oxidation sites excluding steroid dienone is 10. The van der Waals surface area contributed by atoms with E-state index < -0.39 is 0 Å². The second-order valence-electron chi connectivity index (χ2n) is 6.90. The highest BCUT2D eigenvalue weighted by atomic mass is 16.1. The zero-order valence-electron chi connectivity index (χ0n) is 14.6. The lowest BCUT2D eigenvalue weighted by Gasteiger charge is -2.21. The first kappa shape index (κ1) is 17.4. The molecule has 0 aromatic rings. The summed E-state index contributed by atoms with van der Waals surface area (Å²) >= 11 is 0. The number of ketones is 2. The van der Waals surface area contributed by atoms with Gasteiger partial charge in [0.05, 0.1) is 0 Å². The Morgan fingerprint density at radius 1 is 1.09 bits per heavy atom. The molecule has 1 unspecified atom stereocenters. The van der Waals surface area contributed by atoms with Crippen LogP contribution in [0.25, 0.3) is 0 Å². The van der Waals surface area contributed by atoms with Gasteiger partial charge in [-0.05, 0) is 65.5 Å². The summed E-state index contributed by atoms with van der Waals surface area (Å²) in [5, 5.41) is 0. The van der Waals surface area contributed by atoms with Crippen molar-refractivity contribution in [1.29, 1.82) is 0 Å². The highest BCUT2D eigenvalue weighted by Crippen LogP contribution is 2.30. The molecule has 2 rings (SSSR count). The van der Waals surface area contributed by atoms with E-state index in [2.05, 4.69) is 32.1 Å². The Labute approximate surface area is 139 Å². The van der Waals surface area contributed by atoms with Gasteiger partial charge in [-0.25, -0.2) is 0 Å². The fraction of sp³-hybridized carbons (Fsp3) is 0.429. The molecule has 2 bridgehead atoms. The summed E-state index contributed by atoms with van der Waals surface area (Å²) in [4.78, 5) is 24.9. The number of fused-ring (bicyclic) bond motifs is 2. The van der Waals surface area contributed by atoms with E-state index in [1.807, 2.05) is 13.8 Å². The highest BCUT2D eigenvalue weighted by molar-refractivity contribution is 6.20. The minimum absolute atomic E-state index is 0.0131. The van der Waals surface area contributed by atoms with E-state index in [-0.39, 0.29) is 17.5 Å². The smallest absolute Gasteiger partial charge is 0.186 e. The lowest BCUT2D eigenvalue weighted by Crippen LogP contribution is -2.20. The molecule has 0 heterocycles. The monoisotopic (exact) mass is 310 g/mol. The average molecular weight is 310 g/mol. The maximum Gasteiger partial charge on any atom is 0.186 e. The van der Waals surface area contributed by atoms with Crippen LogP contribution in [0.4, 0.5) is 0 Å². The molecule has 0 saturated heterocycles. The minimum atomic E-state index is -0.0634. The molecule has 2 aliphatic rings. The van der Waals surface area contributed by atoms with E-state index in [0.717, 1.165) is 19.3 Å². The fourth-order valence-corrected chi connectivity index (χ4v) is 3.13. The van der Waals surface area contributed by atoms with Gasteiger partial charge < -0.3 is 0 Å².